The van der Waals surface area contributed by atoms with Crippen molar-refractivity contribution in [2.75, 3.05) is 10.6 Å². The molecule has 0 aliphatic carbocycles. The summed E-state index contributed by atoms with van der Waals surface area (Å²) in [5, 5.41) is 16.8. The van der Waals surface area contributed by atoms with Crippen LogP contribution in [0.1, 0.15) is 5.56 Å². The molecule has 0 amide bonds. The van der Waals surface area contributed by atoms with Gasteiger partial charge in [0.15, 0.2) is 0 Å². The highest BCUT2D eigenvalue weighted by molar-refractivity contribution is 14.1. The lowest BCUT2D eigenvalue weighted by Gasteiger charge is -2.14. The van der Waals surface area contributed by atoms with Crippen LogP contribution in [0.4, 0.5) is 41.9 Å². The predicted molar refractivity (Wildman–Crippen MR) is 106 cm³/mol. The van der Waals surface area contributed by atoms with E-state index in [9.17, 15) is 23.3 Å². The summed E-state index contributed by atoms with van der Waals surface area (Å²) in [6, 6.07) is 11.6. The molecule has 1 heterocycles. The van der Waals surface area contributed by atoms with E-state index in [2.05, 4.69) is 43.2 Å². The molecule has 0 saturated heterocycles. The number of alkyl halides is 3. The number of hydrogen-bond acceptors (Lipinski definition) is 6. The van der Waals surface area contributed by atoms with E-state index in [0.29, 0.717) is 5.69 Å². The highest BCUT2D eigenvalue weighted by atomic mass is 127. The van der Waals surface area contributed by atoms with E-state index in [0.717, 1.165) is 16.0 Å². The summed E-state index contributed by atoms with van der Waals surface area (Å²) in [7, 11) is 0. The Bertz CT molecular complexity index is 1010. The maximum absolute atomic E-state index is 13.2. The molecule has 0 aliphatic rings. The van der Waals surface area contributed by atoms with Gasteiger partial charge in [-0.3, -0.25) is 10.1 Å². The van der Waals surface area contributed by atoms with Crippen LogP contribution in [0.5, 0.6) is 0 Å². The number of para-hydroxylation sites is 1. The van der Waals surface area contributed by atoms with Crippen molar-refractivity contribution in [1.82, 2.24) is 9.97 Å². The zero-order valence-corrected chi connectivity index (χ0v) is 16.0. The number of nitrogens with one attached hydrogen (secondary N) is 2. The summed E-state index contributed by atoms with van der Waals surface area (Å²) in [6.07, 6.45) is -3.60. The molecular weight excluding hydrogens is 490 g/mol. The average Bonchev–Trinajstić information content (AvgIpc) is 2.63. The molecule has 0 bridgehead atoms. The first kappa shape index (κ1) is 19.8. The van der Waals surface area contributed by atoms with Crippen LogP contribution in [-0.4, -0.2) is 14.9 Å². The molecule has 2 aromatic carbocycles. The Morgan fingerprint density at radius 1 is 0.964 bits per heavy atom. The first-order chi connectivity index (χ1) is 13.3. The number of halogens is 4. The van der Waals surface area contributed by atoms with Gasteiger partial charge in [0.25, 0.3) is 0 Å². The number of nitrogens with zero attached hydrogens (tertiary/aromatic N) is 3. The quantitative estimate of drug-likeness (QED) is 0.273. The van der Waals surface area contributed by atoms with E-state index in [-0.39, 0.29) is 17.3 Å². The minimum Gasteiger partial charge on any atom is -0.334 e. The topological polar surface area (TPSA) is 93.0 Å². The van der Waals surface area contributed by atoms with Gasteiger partial charge in [-0.15, -0.1) is 0 Å². The summed E-state index contributed by atoms with van der Waals surface area (Å²) in [6.45, 7) is 0. The number of rotatable bonds is 5. The number of nitro groups is 1. The van der Waals surface area contributed by atoms with Gasteiger partial charge in [-0.2, -0.15) is 13.2 Å². The van der Waals surface area contributed by atoms with Gasteiger partial charge in [-0.05, 0) is 59.0 Å². The second-order valence-corrected chi connectivity index (χ2v) is 6.72. The standard InChI is InChI=1S/C17H11F3IN5O2/c18-17(19,20)12-3-1-2-4-13(12)25-16-14(26(27)28)15(22-9-23-16)24-11-7-5-10(21)6-8-11/h1-9H,(H2,22,23,24,25). The molecule has 2 N–H and O–H groups in total. The van der Waals surface area contributed by atoms with Gasteiger partial charge >= 0.3 is 11.9 Å². The van der Waals surface area contributed by atoms with Crippen molar-refractivity contribution < 1.29 is 18.1 Å². The largest absolute Gasteiger partial charge is 0.418 e. The Hall–Kier alpha value is -2.96. The minimum atomic E-state index is -4.63. The molecule has 0 radical (unpaired) electrons. The lowest BCUT2D eigenvalue weighted by molar-refractivity contribution is -0.383. The van der Waals surface area contributed by atoms with Crippen molar-refractivity contribution >= 4 is 51.3 Å². The Morgan fingerprint density at radius 3 is 2.18 bits per heavy atom. The molecular formula is C17H11F3IN5O2. The molecule has 0 fully saturated rings. The van der Waals surface area contributed by atoms with Crippen molar-refractivity contribution in [3.8, 4) is 0 Å². The van der Waals surface area contributed by atoms with Crippen molar-refractivity contribution in [1.29, 1.82) is 0 Å². The third kappa shape index (κ3) is 4.47. The molecule has 1 aromatic heterocycles. The van der Waals surface area contributed by atoms with Gasteiger partial charge in [0.2, 0.25) is 11.6 Å². The third-order valence-electron chi connectivity index (χ3n) is 3.60. The fourth-order valence-electron chi connectivity index (χ4n) is 2.37. The van der Waals surface area contributed by atoms with Gasteiger partial charge in [-0.1, -0.05) is 12.1 Å². The molecule has 144 valence electrons. The Kier molecular flexibility index (Phi) is 5.63. The molecule has 3 aromatic rings. The van der Waals surface area contributed by atoms with E-state index in [4.69, 9.17) is 0 Å². The number of hydrogen-bond donors (Lipinski definition) is 2. The second kappa shape index (κ2) is 7.96. The molecule has 0 atom stereocenters. The molecule has 28 heavy (non-hydrogen) atoms. The van der Waals surface area contributed by atoms with Gasteiger partial charge in [-0.25, -0.2) is 9.97 Å². The molecule has 3 rings (SSSR count). The van der Waals surface area contributed by atoms with Crippen LogP contribution >= 0.6 is 22.6 Å². The lowest BCUT2D eigenvalue weighted by Crippen LogP contribution is -2.10. The normalized spacial score (nSPS) is 11.1. The van der Waals surface area contributed by atoms with E-state index >= 15 is 0 Å². The van der Waals surface area contributed by atoms with Crippen LogP contribution in [0.3, 0.4) is 0 Å². The summed E-state index contributed by atoms with van der Waals surface area (Å²) < 4.78 is 40.5. The molecule has 0 saturated carbocycles. The Morgan fingerprint density at radius 2 is 1.57 bits per heavy atom. The predicted octanol–water partition coefficient (Wildman–Crippen LogP) is 5.50. The average molecular weight is 501 g/mol. The fraction of sp³-hybridized carbons (Fsp3) is 0.0588. The summed E-state index contributed by atoms with van der Waals surface area (Å²) >= 11 is 2.11. The molecule has 0 unspecified atom stereocenters. The van der Waals surface area contributed by atoms with Gasteiger partial charge < -0.3 is 10.6 Å². The second-order valence-electron chi connectivity index (χ2n) is 5.48. The van der Waals surface area contributed by atoms with E-state index in [1.54, 1.807) is 24.3 Å². The van der Waals surface area contributed by atoms with Crippen molar-refractivity contribution in [2.45, 2.75) is 6.18 Å². The zero-order chi connectivity index (χ0) is 20.3. The first-order valence-electron chi connectivity index (χ1n) is 7.71. The summed E-state index contributed by atoms with van der Waals surface area (Å²) in [5.41, 5.74) is -1.35. The van der Waals surface area contributed by atoms with Crippen molar-refractivity contribution in [3.63, 3.8) is 0 Å². The summed E-state index contributed by atoms with van der Waals surface area (Å²) in [4.78, 5) is 18.5. The molecule has 0 aliphatic heterocycles. The van der Waals surface area contributed by atoms with Crippen LogP contribution in [0.25, 0.3) is 0 Å². The van der Waals surface area contributed by atoms with E-state index < -0.39 is 22.4 Å². The third-order valence-corrected chi connectivity index (χ3v) is 4.32. The van der Waals surface area contributed by atoms with Crippen LogP contribution in [0.2, 0.25) is 0 Å². The highest BCUT2D eigenvalue weighted by Gasteiger charge is 2.34. The SMILES string of the molecule is O=[N+]([O-])c1c(Nc2ccc(I)cc2)ncnc1Nc1ccccc1C(F)(F)F. The number of benzene rings is 2. The molecule has 7 nitrogen and oxygen atoms in total. The van der Waals surface area contributed by atoms with Crippen molar-refractivity contribution in [3.05, 3.63) is 74.1 Å². The number of anilines is 4. The smallest absolute Gasteiger partial charge is 0.334 e. The van der Waals surface area contributed by atoms with E-state index in [1.807, 2.05) is 0 Å². The van der Waals surface area contributed by atoms with Crippen LogP contribution < -0.4 is 10.6 Å². The fourth-order valence-corrected chi connectivity index (χ4v) is 2.73. The highest BCUT2D eigenvalue weighted by Crippen LogP contribution is 2.38. The van der Waals surface area contributed by atoms with Gasteiger partial charge in [0, 0.05) is 9.26 Å². The van der Waals surface area contributed by atoms with Crippen LogP contribution in [-0.2, 0) is 6.18 Å². The van der Waals surface area contributed by atoms with Gasteiger partial charge in [0.05, 0.1) is 16.2 Å². The first-order valence-corrected chi connectivity index (χ1v) is 8.79. The van der Waals surface area contributed by atoms with Crippen LogP contribution in [0.15, 0.2) is 54.9 Å². The summed E-state index contributed by atoms with van der Waals surface area (Å²) in [5.74, 6) is -0.502. The maximum atomic E-state index is 13.2. The maximum Gasteiger partial charge on any atom is 0.418 e. The lowest BCUT2D eigenvalue weighted by atomic mass is 10.1. The van der Waals surface area contributed by atoms with E-state index in [1.165, 1.54) is 18.2 Å². The van der Waals surface area contributed by atoms with Gasteiger partial charge in [0.1, 0.15) is 6.33 Å². The zero-order valence-electron chi connectivity index (χ0n) is 13.9. The minimum absolute atomic E-state index is 0.145. The van der Waals surface area contributed by atoms with Crippen LogP contribution in [0, 0.1) is 13.7 Å². The molecule has 11 heteroatoms. The Labute approximate surface area is 170 Å². The van der Waals surface area contributed by atoms with Crippen molar-refractivity contribution in [2.24, 2.45) is 0 Å². The Balaban J connectivity index is 2.01. The molecule has 0 spiro atoms. The number of aromatic nitrogens is 2. The monoisotopic (exact) mass is 501 g/mol.